The highest BCUT2D eigenvalue weighted by molar-refractivity contribution is 5.68. The fourth-order valence-electron chi connectivity index (χ4n) is 1.08. The SMILES string of the molecule is CC(C)(C)OC(=O)N[CH]Cc1ccncc1. The molecule has 0 aliphatic heterocycles. The standard InChI is InChI=1S/C12H17N2O2/c1-12(2,3)16-11(15)14-9-6-10-4-7-13-8-5-10/h4-5,7-9H,6H2,1-3H3,(H,14,15). The van der Waals surface area contributed by atoms with E-state index in [-0.39, 0.29) is 0 Å². The van der Waals surface area contributed by atoms with Gasteiger partial charge in [0, 0.05) is 12.4 Å². The van der Waals surface area contributed by atoms with Crippen LogP contribution in [0.15, 0.2) is 24.5 Å². The molecule has 1 aromatic heterocycles. The van der Waals surface area contributed by atoms with Crippen molar-refractivity contribution in [1.82, 2.24) is 10.3 Å². The Labute approximate surface area is 96.0 Å². The van der Waals surface area contributed by atoms with E-state index in [4.69, 9.17) is 4.74 Å². The van der Waals surface area contributed by atoms with Crippen LogP contribution < -0.4 is 5.32 Å². The molecule has 1 N–H and O–H groups in total. The number of carbonyl (C=O) groups excluding carboxylic acids is 1. The Morgan fingerprint density at radius 2 is 2.06 bits per heavy atom. The first-order chi connectivity index (χ1) is 7.47. The molecule has 1 radical (unpaired) electrons. The maximum atomic E-state index is 11.3. The molecular weight excluding hydrogens is 204 g/mol. The van der Waals surface area contributed by atoms with Gasteiger partial charge in [0.1, 0.15) is 5.60 Å². The highest BCUT2D eigenvalue weighted by Gasteiger charge is 2.15. The molecule has 0 spiro atoms. The third-order valence-electron chi connectivity index (χ3n) is 1.71. The molecule has 0 aliphatic carbocycles. The van der Waals surface area contributed by atoms with Crippen LogP contribution in [-0.4, -0.2) is 16.7 Å². The summed E-state index contributed by atoms with van der Waals surface area (Å²) in [7, 11) is 0. The predicted octanol–water partition coefficient (Wildman–Crippen LogP) is 2.31. The Bertz CT molecular complexity index is 331. The number of carbonyl (C=O) groups is 1. The van der Waals surface area contributed by atoms with Gasteiger partial charge in [-0.3, -0.25) is 4.98 Å². The first-order valence-electron chi connectivity index (χ1n) is 5.17. The molecule has 0 bridgehead atoms. The molecule has 0 saturated carbocycles. The van der Waals surface area contributed by atoms with Crippen molar-refractivity contribution in [2.24, 2.45) is 0 Å². The van der Waals surface area contributed by atoms with Crippen LogP contribution in [-0.2, 0) is 11.2 Å². The van der Waals surface area contributed by atoms with Crippen LogP contribution in [0.1, 0.15) is 26.3 Å². The first kappa shape index (κ1) is 12.5. The summed E-state index contributed by atoms with van der Waals surface area (Å²) in [6, 6.07) is 3.79. The monoisotopic (exact) mass is 221 g/mol. The molecule has 87 valence electrons. The summed E-state index contributed by atoms with van der Waals surface area (Å²) in [5, 5.41) is 2.58. The van der Waals surface area contributed by atoms with Crippen LogP contribution in [0.3, 0.4) is 0 Å². The van der Waals surface area contributed by atoms with Crippen molar-refractivity contribution in [3.63, 3.8) is 0 Å². The summed E-state index contributed by atoms with van der Waals surface area (Å²) in [6.45, 7) is 7.16. The van der Waals surface area contributed by atoms with Gasteiger partial charge in [-0.05, 0) is 44.9 Å². The summed E-state index contributed by atoms with van der Waals surface area (Å²) < 4.78 is 5.08. The molecule has 0 aliphatic rings. The third kappa shape index (κ3) is 5.34. The van der Waals surface area contributed by atoms with E-state index in [0.29, 0.717) is 6.42 Å². The quantitative estimate of drug-likeness (QED) is 0.852. The lowest BCUT2D eigenvalue weighted by Crippen LogP contribution is -2.31. The highest BCUT2D eigenvalue weighted by Crippen LogP contribution is 2.06. The van der Waals surface area contributed by atoms with Crippen molar-refractivity contribution in [2.75, 3.05) is 0 Å². The molecular formula is C12H17N2O2. The third-order valence-corrected chi connectivity index (χ3v) is 1.71. The average Bonchev–Trinajstić information content (AvgIpc) is 2.16. The van der Waals surface area contributed by atoms with Gasteiger partial charge in [-0.15, -0.1) is 0 Å². The molecule has 0 atom stereocenters. The van der Waals surface area contributed by atoms with Crippen molar-refractivity contribution in [2.45, 2.75) is 32.8 Å². The molecule has 16 heavy (non-hydrogen) atoms. The van der Waals surface area contributed by atoms with E-state index >= 15 is 0 Å². The zero-order valence-electron chi connectivity index (χ0n) is 9.86. The second kappa shape index (κ2) is 5.49. The Hall–Kier alpha value is -1.58. The van der Waals surface area contributed by atoms with Crippen LogP contribution in [0.4, 0.5) is 4.79 Å². The number of alkyl carbamates (subject to hydrolysis) is 1. The number of rotatable bonds is 3. The molecule has 1 heterocycles. The lowest BCUT2D eigenvalue weighted by Gasteiger charge is -2.19. The molecule has 1 rings (SSSR count). The van der Waals surface area contributed by atoms with Crippen LogP contribution in [0.2, 0.25) is 0 Å². The van der Waals surface area contributed by atoms with E-state index in [1.807, 2.05) is 32.9 Å². The lowest BCUT2D eigenvalue weighted by atomic mass is 10.2. The zero-order valence-corrected chi connectivity index (χ0v) is 9.86. The van der Waals surface area contributed by atoms with Gasteiger partial charge >= 0.3 is 6.09 Å². The second-order valence-electron chi connectivity index (χ2n) is 4.41. The van der Waals surface area contributed by atoms with Crippen molar-refractivity contribution < 1.29 is 9.53 Å². The molecule has 0 aromatic carbocycles. The largest absolute Gasteiger partial charge is 0.444 e. The van der Waals surface area contributed by atoms with Gasteiger partial charge in [-0.2, -0.15) is 0 Å². The average molecular weight is 221 g/mol. The number of nitrogens with one attached hydrogen (secondary N) is 1. The number of aromatic nitrogens is 1. The van der Waals surface area contributed by atoms with E-state index < -0.39 is 11.7 Å². The van der Waals surface area contributed by atoms with Crippen LogP contribution in [0.25, 0.3) is 0 Å². The number of ether oxygens (including phenoxy) is 1. The second-order valence-corrected chi connectivity index (χ2v) is 4.41. The topological polar surface area (TPSA) is 51.2 Å². The molecule has 0 unspecified atom stereocenters. The van der Waals surface area contributed by atoms with Crippen molar-refractivity contribution in [3.8, 4) is 0 Å². The first-order valence-corrected chi connectivity index (χ1v) is 5.17. The van der Waals surface area contributed by atoms with E-state index in [1.54, 1.807) is 18.9 Å². The minimum absolute atomic E-state index is 0.429. The number of hydrogen-bond acceptors (Lipinski definition) is 3. The maximum Gasteiger partial charge on any atom is 0.407 e. The van der Waals surface area contributed by atoms with Crippen LogP contribution in [0, 0.1) is 6.54 Å². The molecule has 1 amide bonds. The number of amides is 1. The van der Waals surface area contributed by atoms with Crippen molar-refractivity contribution in [1.29, 1.82) is 0 Å². The van der Waals surface area contributed by atoms with Crippen molar-refractivity contribution >= 4 is 6.09 Å². The normalized spacial score (nSPS) is 10.9. The Balaban J connectivity index is 2.24. The minimum atomic E-state index is -0.464. The fraction of sp³-hybridized carbons (Fsp3) is 0.417. The molecule has 1 aromatic rings. The zero-order chi connectivity index (χ0) is 12.0. The number of nitrogens with zero attached hydrogens (tertiary/aromatic N) is 1. The van der Waals surface area contributed by atoms with Gasteiger partial charge in [0.05, 0.1) is 6.54 Å². The molecule has 0 fully saturated rings. The fourth-order valence-corrected chi connectivity index (χ4v) is 1.08. The Kier molecular flexibility index (Phi) is 4.28. The Morgan fingerprint density at radius 3 is 2.62 bits per heavy atom. The summed E-state index contributed by atoms with van der Waals surface area (Å²) >= 11 is 0. The summed E-state index contributed by atoms with van der Waals surface area (Å²) in [4.78, 5) is 15.2. The lowest BCUT2D eigenvalue weighted by molar-refractivity contribution is 0.0542. The van der Waals surface area contributed by atoms with Crippen LogP contribution >= 0.6 is 0 Å². The van der Waals surface area contributed by atoms with Gasteiger partial charge < -0.3 is 10.1 Å². The van der Waals surface area contributed by atoms with E-state index in [2.05, 4.69) is 10.3 Å². The molecule has 4 nitrogen and oxygen atoms in total. The van der Waals surface area contributed by atoms with E-state index in [0.717, 1.165) is 5.56 Å². The van der Waals surface area contributed by atoms with E-state index in [9.17, 15) is 4.79 Å². The summed E-state index contributed by atoms with van der Waals surface area (Å²) in [6.07, 6.45) is 3.66. The number of hydrogen-bond donors (Lipinski definition) is 1. The van der Waals surface area contributed by atoms with E-state index in [1.165, 1.54) is 0 Å². The van der Waals surface area contributed by atoms with Gasteiger partial charge in [0.2, 0.25) is 0 Å². The smallest absolute Gasteiger partial charge is 0.407 e. The summed E-state index contributed by atoms with van der Waals surface area (Å²) in [5.74, 6) is 0. The van der Waals surface area contributed by atoms with Crippen molar-refractivity contribution in [3.05, 3.63) is 36.6 Å². The van der Waals surface area contributed by atoms with Gasteiger partial charge in [-0.1, -0.05) is 0 Å². The predicted molar refractivity (Wildman–Crippen MR) is 61.6 cm³/mol. The molecule has 4 heteroatoms. The van der Waals surface area contributed by atoms with Gasteiger partial charge in [-0.25, -0.2) is 4.79 Å². The summed E-state index contributed by atoms with van der Waals surface area (Å²) in [5.41, 5.74) is 0.625. The minimum Gasteiger partial charge on any atom is -0.444 e. The van der Waals surface area contributed by atoms with Gasteiger partial charge in [0.25, 0.3) is 0 Å². The highest BCUT2D eigenvalue weighted by atomic mass is 16.6. The number of pyridine rings is 1. The molecule has 0 saturated heterocycles. The van der Waals surface area contributed by atoms with Crippen LogP contribution in [0.5, 0.6) is 0 Å². The maximum absolute atomic E-state index is 11.3. The Morgan fingerprint density at radius 1 is 1.44 bits per heavy atom. The van der Waals surface area contributed by atoms with Gasteiger partial charge in [0.15, 0.2) is 0 Å².